The standard InChI is InChI=1S/C22H29N3O3/c1-3-25(9-5-8-20(26)27)22(28)15-10-17-16-6-4-7-18-21(16)14(12-23-18)11-19(17)24(2)13-15/h4,6-7,10,12,15,19-20,23,26-27H,3,5,8-9,11,13H2,1-2H3. The number of benzene rings is 1. The molecule has 2 aromatic rings. The van der Waals surface area contributed by atoms with Crippen LogP contribution in [0.3, 0.4) is 0 Å². The first-order valence-corrected chi connectivity index (χ1v) is 10.2. The maximum Gasteiger partial charge on any atom is 0.230 e. The molecule has 2 heterocycles. The Morgan fingerprint density at radius 2 is 2.21 bits per heavy atom. The molecule has 1 aromatic heterocycles. The Morgan fingerprint density at radius 1 is 1.39 bits per heavy atom. The Kier molecular flexibility index (Phi) is 5.27. The highest BCUT2D eigenvalue weighted by atomic mass is 16.5. The average molecular weight is 383 g/mol. The van der Waals surface area contributed by atoms with Crippen LogP contribution >= 0.6 is 0 Å². The number of fused-ring (bicyclic) bond motifs is 2. The van der Waals surface area contributed by atoms with Gasteiger partial charge in [-0.2, -0.15) is 0 Å². The molecule has 0 fully saturated rings. The number of H-pyrrole nitrogens is 1. The van der Waals surface area contributed by atoms with Crippen molar-refractivity contribution in [1.29, 1.82) is 0 Å². The summed E-state index contributed by atoms with van der Waals surface area (Å²) in [7, 11) is 2.11. The molecule has 1 aromatic carbocycles. The van der Waals surface area contributed by atoms with Gasteiger partial charge in [-0.1, -0.05) is 18.2 Å². The van der Waals surface area contributed by atoms with Gasteiger partial charge >= 0.3 is 0 Å². The van der Waals surface area contributed by atoms with Crippen molar-refractivity contribution < 1.29 is 15.0 Å². The van der Waals surface area contributed by atoms with Gasteiger partial charge in [0.05, 0.1) is 5.92 Å². The Hall–Kier alpha value is -2.15. The van der Waals surface area contributed by atoms with Gasteiger partial charge < -0.3 is 20.1 Å². The van der Waals surface area contributed by atoms with E-state index < -0.39 is 6.29 Å². The lowest BCUT2D eigenvalue weighted by Gasteiger charge is -2.40. The summed E-state index contributed by atoms with van der Waals surface area (Å²) in [4.78, 5) is 20.7. The largest absolute Gasteiger partial charge is 0.368 e. The molecular formula is C22H29N3O3. The minimum absolute atomic E-state index is 0.125. The summed E-state index contributed by atoms with van der Waals surface area (Å²) in [5, 5.41) is 19.4. The lowest BCUT2D eigenvalue weighted by molar-refractivity contribution is -0.135. The highest BCUT2D eigenvalue weighted by molar-refractivity contribution is 5.99. The summed E-state index contributed by atoms with van der Waals surface area (Å²) in [6, 6.07) is 6.65. The third kappa shape index (κ3) is 3.36. The lowest BCUT2D eigenvalue weighted by atomic mass is 9.79. The van der Waals surface area contributed by atoms with Gasteiger partial charge in [-0.15, -0.1) is 0 Å². The fourth-order valence-electron chi connectivity index (χ4n) is 4.73. The Labute approximate surface area is 165 Å². The van der Waals surface area contributed by atoms with Crippen molar-refractivity contribution in [2.24, 2.45) is 5.92 Å². The van der Waals surface area contributed by atoms with Crippen molar-refractivity contribution >= 4 is 22.4 Å². The first-order valence-electron chi connectivity index (χ1n) is 10.2. The van der Waals surface area contributed by atoms with Crippen molar-refractivity contribution in [3.63, 3.8) is 0 Å². The third-order valence-corrected chi connectivity index (χ3v) is 6.17. The van der Waals surface area contributed by atoms with Crippen LogP contribution in [0.4, 0.5) is 0 Å². The van der Waals surface area contributed by atoms with Crippen molar-refractivity contribution in [1.82, 2.24) is 14.8 Å². The molecule has 0 bridgehead atoms. The van der Waals surface area contributed by atoms with Crippen LogP contribution in [0.1, 0.15) is 30.9 Å². The van der Waals surface area contributed by atoms with E-state index in [1.165, 1.54) is 22.1 Å². The van der Waals surface area contributed by atoms with Gasteiger partial charge in [0.1, 0.15) is 0 Å². The van der Waals surface area contributed by atoms with E-state index in [0.29, 0.717) is 32.1 Å². The topological polar surface area (TPSA) is 79.8 Å². The molecule has 2 aliphatic rings. The predicted octanol–water partition coefficient (Wildman–Crippen LogP) is 1.98. The van der Waals surface area contributed by atoms with Gasteiger partial charge in [0.2, 0.25) is 5.91 Å². The number of nitrogens with one attached hydrogen (secondary N) is 1. The normalized spacial score (nSPS) is 21.7. The molecule has 0 spiro atoms. The number of aliphatic hydroxyl groups is 2. The number of likely N-dealkylation sites (N-methyl/N-ethyl adjacent to an activating group) is 1. The number of amides is 1. The van der Waals surface area contributed by atoms with E-state index >= 15 is 0 Å². The van der Waals surface area contributed by atoms with E-state index in [-0.39, 0.29) is 18.2 Å². The van der Waals surface area contributed by atoms with Crippen LogP contribution in [0.25, 0.3) is 16.5 Å². The molecule has 3 N–H and O–H groups in total. The summed E-state index contributed by atoms with van der Waals surface area (Å²) in [6.07, 6.45) is 4.83. The molecule has 28 heavy (non-hydrogen) atoms. The summed E-state index contributed by atoms with van der Waals surface area (Å²) >= 11 is 0. The van der Waals surface area contributed by atoms with Gasteiger partial charge in [-0.3, -0.25) is 9.69 Å². The van der Waals surface area contributed by atoms with Gasteiger partial charge in [0, 0.05) is 42.8 Å². The van der Waals surface area contributed by atoms with E-state index in [1.807, 2.05) is 11.8 Å². The number of nitrogens with zero attached hydrogens (tertiary/aromatic N) is 2. The maximum absolute atomic E-state index is 13.2. The zero-order chi connectivity index (χ0) is 19.8. The second kappa shape index (κ2) is 7.70. The average Bonchev–Trinajstić information content (AvgIpc) is 3.10. The van der Waals surface area contributed by atoms with Crippen LogP contribution in [0.5, 0.6) is 0 Å². The molecule has 1 aliphatic carbocycles. The van der Waals surface area contributed by atoms with E-state index in [4.69, 9.17) is 10.2 Å². The molecule has 2 atom stereocenters. The van der Waals surface area contributed by atoms with E-state index in [9.17, 15) is 4.79 Å². The Bertz CT molecular complexity index is 902. The number of aliphatic hydroxyl groups excluding tert-OH is 1. The monoisotopic (exact) mass is 383 g/mol. The third-order valence-electron chi connectivity index (χ3n) is 6.17. The van der Waals surface area contributed by atoms with Crippen molar-refractivity contribution in [2.45, 2.75) is 38.5 Å². The van der Waals surface area contributed by atoms with Gasteiger partial charge in [-0.25, -0.2) is 0 Å². The molecule has 2 unspecified atom stereocenters. The maximum atomic E-state index is 13.2. The number of carbonyl (C=O) groups is 1. The molecule has 0 saturated carbocycles. The number of carbonyl (C=O) groups excluding carboxylic acids is 1. The summed E-state index contributed by atoms with van der Waals surface area (Å²) < 4.78 is 0. The second-order valence-corrected chi connectivity index (χ2v) is 7.97. The van der Waals surface area contributed by atoms with Crippen molar-refractivity contribution in [3.05, 3.63) is 41.6 Å². The number of aromatic amines is 1. The molecule has 0 radical (unpaired) electrons. The molecule has 1 aliphatic heterocycles. The number of rotatable bonds is 6. The molecule has 6 heteroatoms. The minimum Gasteiger partial charge on any atom is -0.368 e. The number of hydrogen-bond acceptors (Lipinski definition) is 4. The van der Waals surface area contributed by atoms with Crippen molar-refractivity contribution in [2.75, 3.05) is 26.7 Å². The van der Waals surface area contributed by atoms with Gasteiger partial charge in [-0.05, 0) is 56.0 Å². The summed E-state index contributed by atoms with van der Waals surface area (Å²) in [5.41, 5.74) is 5.00. The zero-order valence-corrected chi connectivity index (χ0v) is 16.6. The SMILES string of the molecule is CCN(CCCC(O)O)C(=O)C1C=C2c3cccc4[nH]cc(c34)CC2N(C)C1. The fourth-order valence-corrected chi connectivity index (χ4v) is 4.73. The zero-order valence-electron chi connectivity index (χ0n) is 16.6. The molecular weight excluding hydrogens is 354 g/mol. The molecule has 150 valence electrons. The van der Waals surface area contributed by atoms with Crippen LogP contribution in [-0.4, -0.2) is 69.9 Å². The van der Waals surface area contributed by atoms with Gasteiger partial charge in [0.25, 0.3) is 0 Å². The van der Waals surface area contributed by atoms with Crippen LogP contribution in [0.15, 0.2) is 30.5 Å². The van der Waals surface area contributed by atoms with Crippen LogP contribution < -0.4 is 0 Å². The first-order chi connectivity index (χ1) is 13.5. The Morgan fingerprint density at radius 3 is 2.96 bits per heavy atom. The summed E-state index contributed by atoms with van der Waals surface area (Å²) in [5.74, 6) is -0.0502. The van der Waals surface area contributed by atoms with Gasteiger partial charge in [0.15, 0.2) is 6.29 Å². The molecule has 4 rings (SSSR count). The molecule has 1 amide bonds. The quantitative estimate of drug-likeness (QED) is 0.667. The first kappa shape index (κ1) is 19.2. The van der Waals surface area contributed by atoms with E-state index in [0.717, 1.165) is 11.9 Å². The molecule has 0 saturated heterocycles. The van der Waals surface area contributed by atoms with E-state index in [1.54, 1.807) is 0 Å². The van der Waals surface area contributed by atoms with E-state index in [2.05, 4.69) is 47.4 Å². The number of hydrogen-bond donors (Lipinski definition) is 3. The number of aromatic nitrogens is 1. The van der Waals surface area contributed by atoms with Crippen LogP contribution in [-0.2, 0) is 11.2 Å². The lowest BCUT2D eigenvalue weighted by Crippen LogP contribution is -2.47. The van der Waals surface area contributed by atoms with Crippen LogP contribution in [0.2, 0.25) is 0 Å². The highest BCUT2D eigenvalue weighted by Crippen LogP contribution is 2.40. The van der Waals surface area contributed by atoms with Crippen molar-refractivity contribution in [3.8, 4) is 0 Å². The highest BCUT2D eigenvalue weighted by Gasteiger charge is 2.36. The second-order valence-electron chi connectivity index (χ2n) is 7.97. The molecule has 6 nitrogen and oxygen atoms in total. The van der Waals surface area contributed by atoms with Crippen LogP contribution in [0, 0.1) is 5.92 Å². The predicted molar refractivity (Wildman–Crippen MR) is 110 cm³/mol. The minimum atomic E-state index is -1.31. The summed E-state index contributed by atoms with van der Waals surface area (Å²) in [6.45, 7) is 3.87. The smallest absolute Gasteiger partial charge is 0.230 e. The fraction of sp³-hybridized carbons (Fsp3) is 0.500. The Balaban J connectivity index is 1.62.